The minimum Gasteiger partial charge on any atom is -0.341 e. The van der Waals surface area contributed by atoms with Gasteiger partial charge in [0.15, 0.2) is 0 Å². The van der Waals surface area contributed by atoms with E-state index in [0.717, 1.165) is 25.9 Å². The van der Waals surface area contributed by atoms with E-state index in [-0.39, 0.29) is 6.42 Å². The topological polar surface area (TPSA) is 32.3 Å². The minimum absolute atomic E-state index is 0.0819. The van der Waals surface area contributed by atoms with Gasteiger partial charge in [-0.05, 0) is 64.1 Å². The molecule has 0 amide bonds. The third kappa shape index (κ3) is 5.06. The number of anilines is 1. The van der Waals surface area contributed by atoms with Crippen molar-refractivity contribution in [1.29, 1.82) is 0 Å². The van der Waals surface area contributed by atoms with Gasteiger partial charge in [-0.25, -0.2) is 9.97 Å². The Balaban J connectivity index is 1.54. The Bertz CT molecular complexity index is 549. The van der Waals surface area contributed by atoms with E-state index in [1.807, 2.05) is 0 Å². The van der Waals surface area contributed by atoms with Crippen LogP contribution in [0.5, 0.6) is 0 Å². The number of aromatic nitrogens is 2. The largest absolute Gasteiger partial charge is 0.389 e. The van der Waals surface area contributed by atoms with Crippen LogP contribution in [0.25, 0.3) is 0 Å². The first-order valence-corrected chi connectivity index (χ1v) is 9.30. The normalized spacial score (nSPS) is 21.7. The molecule has 0 radical (unpaired) electrons. The van der Waals surface area contributed by atoms with Crippen molar-refractivity contribution in [2.24, 2.45) is 5.92 Å². The summed E-state index contributed by atoms with van der Waals surface area (Å²) in [6, 6.07) is 2.20. The third-order valence-corrected chi connectivity index (χ3v) is 5.59. The van der Waals surface area contributed by atoms with E-state index in [1.165, 1.54) is 25.9 Å². The smallest absolute Gasteiger partial charge is 0.341 e. The molecule has 0 N–H and O–H groups in total. The first-order chi connectivity index (χ1) is 11.9. The number of hydrogen-bond acceptors (Lipinski definition) is 4. The van der Waals surface area contributed by atoms with Gasteiger partial charge in [0, 0.05) is 37.4 Å². The number of rotatable bonds is 5. The van der Waals surface area contributed by atoms with Crippen LogP contribution in [0.4, 0.5) is 19.1 Å². The summed E-state index contributed by atoms with van der Waals surface area (Å²) < 4.78 is 37.2. The van der Waals surface area contributed by atoms with Crippen molar-refractivity contribution in [3.05, 3.63) is 18.0 Å². The van der Waals surface area contributed by atoms with Crippen LogP contribution in [-0.2, 0) is 6.42 Å². The molecule has 4 nitrogen and oxygen atoms in total. The van der Waals surface area contributed by atoms with E-state index in [4.69, 9.17) is 0 Å². The lowest BCUT2D eigenvalue weighted by Gasteiger charge is -2.38. The maximum Gasteiger partial charge on any atom is 0.389 e. The van der Waals surface area contributed by atoms with Crippen LogP contribution in [0.15, 0.2) is 12.3 Å². The molecule has 0 unspecified atom stereocenters. The SMILES string of the molecule is C[C@H](C1CCN(c2nccc(CCC(F)(F)F)n2)CC1)N1CCCC1. The summed E-state index contributed by atoms with van der Waals surface area (Å²) in [5.41, 5.74) is 0.467. The van der Waals surface area contributed by atoms with Gasteiger partial charge in [-0.3, -0.25) is 0 Å². The van der Waals surface area contributed by atoms with E-state index in [2.05, 4.69) is 26.7 Å². The van der Waals surface area contributed by atoms with Gasteiger partial charge in [0.1, 0.15) is 0 Å². The second kappa shape index (κ2) is 7.89. The van der Waals surface area contributed by atoms with E-state index in [0.29, 0.717) is 23.6 Å². The van der Waals surface area contributed by atoms with Crippen LogP contribution in [0.3, 0.4) is 0 Å². The summed E-state index contributed by atoms with van der Waals surface area (Å²) in [5.74, 6) is 1.26. The number of alkyl halides is 3. The highest BCUT2D eigenvalue weighted by molar-refractivity contribution is 5.31. The molecule has 25 heavy (non-hydrogen) atoms. The molecule has 2 aliphatic heterocycles. The summed E-state index contributed by atoms with van der Waals surface area (Å²) >= 11 is 0. The molecule has 1 atom stereocenters. The van der Waals surface area contributed by atoms with Gasteiger partial charge < -0.3 is 9.80 Å². The zero-order valence-corrected chi connectivity index (χ0v) is 14.8. The molecule has 140 valence electrons. The van der Waals surface area contributed by atoms with Gasteiger partial charge in [0.05, 0.1) is 0 Å². The second-order valence-electron chi connectivity index (χ2n) is 7.27. The molecular weight excluding hydrogens is 329 g/mol. The number of aryl methyl sites for hydroxylation is 1. The molecule has 0 aromatic carbocycles. The number of hydrogen-bond donors (Lipinski definition) is 0. The molecule has 7 heteroatoms. The third-order valence-electron chi connectivity index (χ3n) is 5.59. The monoisotopic (exact) mass is 356 g/mol. The molecule has 2 aliphatic rings. The summed E-state index contributed by atoms with van der Waals surface area (Å²) in [6.07, 6.45) is 1.31. The van der Waals surface area contributed by atoms with Crippen molar-refractivity contribution >= 4 is 5.95 Å². The molecule has 0 bridgehead atoms. The lowest BCUT2D eigenvalue weighted by atomic mass is 9.89. The molecule has 3 rings (SSSR count). The molecule has 3 heterocycles. The molecule has 0 spiro atoms. The number of halogens is 3. The van der Waals surface area contributed by atoms with Gasteiger partial charge in [-0.1, -0.05) is 0 Å². The molecule has 1 aromatic heterocycles. The Hall–Kier alpha value is -1.37. The van der Waals surface area contributed by atoms with Crippen molar-refractivity contribution in [1.82, 2.24) is 14.9 Å². The van der Waals surface area contributed by atoms with Crippen LogP contribution >= 0.6 is 0 Å². The van der Waals surface area contributed by atoms with Crippen LogP contribution in [0, 0.1) is 5.92 Å². The Labute approximate surface area is 147 Å². The van der Waals surface area contributed by atoms with Gasteiger partial charge in [-0.15, -0.1) is 0 Å². The molecular formula is C18H27F3N4. The molecule has 1 aromatic rings. The van der Waals surface area contributed by atoms with E-state index in [1.54, 1.807) is 12.3 Å². The lowest BCUT2D eigenvalue weighted by Crippen LogP contribution is -2.43. The van der Waals surface area contributed by atoms with Gasteiger partial charge >= 0.3 is 6.18 Å². The molecule has 0 aliphatic carbocycles. The minimum atomic E-state index is -4.14. The highest BCUT2D eigenvalue weighted by Gasteiger charge is 2.30. The van der Waals surface area contributed by atoms with Gasteiger partial charge in [0.25, 0.3) is 0 Å². The Morgan fingerprint density at radius 1 is 1.16 bits per heavy atom. The lowest BCUT2D eigenvalue weighted by molar-refractivity contribution is -0.134. The first-order valence-electron chi connectivity index (χ1n) is 9.30. The van der Waals surface area contributed by atoms with Crippen molar-refractivity contribution < 1.29 is 13.2 Å². The van der Waals surface area contributed by atoms with Crippen molar-refractivity contribution in [2.75, 3.05) is 31.1 Å². The van der Waals surface area contributed by atoms with Crippen LogP contribution in [0.2, 0.25) is 0 Å². The van der Waals surface area contributed by atoms with E-state index < -0.39 is 12.6 Å². The summed E-state index contributed by atoms with van der Waals surface area (Å²) in [5, 5.41) is 0. The highest BCUT2D eigenvalue weighted by atomic mass is 19.4. The van der Waals surface area contributed by atoms with E-state index in [9.17, 15) is 13.2 Å². The van der Waals surface area contributed by atoms with Gasteiger partial charge in [0.2, 0.25) is 5.95 Å². The summed E-state index contributed by atoms with van der Waals surface area (Å²) in [4.78, 5) is 13.3. The number of likely N-dealkylation sites (tertiary alicyclic amines) is 1. The molecule has 2 fully saturated rings. The zero-order chi connectivity index (χ0) is 17.9. The molecule has 2 saturated heterocycles. The summed E-state index contributed by atoms with van der Waals surface area (Å²) in [7, 11) is 0. The van der Waals surface area contributed by atoms with Crippen LogP contribution in [0.1, 0.15) is 44.7 Å². The average Bonchev–Trinajstić information content (AvgIpc) is 3.14. The number of nitrogens with zero attached hydrogens (tertiary/aromatic N) is 4. The van der Waals surface area contributed by atoms with Crippen LogP contribution in [-0.4, -0.2) is 53.3 Å². The predicted octanol–water partition coefficient (Wildman–Crippen LogP) is 3.67. The second-order valence-corrected chi connectivity index (χ2v) is 7.27. The standard InChI is InChI=1S/C18H27F3N4/c1-14(24-10-2-3-11-24)15-6-12-25(13-7-15)17-22-9-5-16(23-17)4-8-18(19,20)21/h5,9,14-15H,2-4,6-8,10-13H2,1H3/t14-/m1/s1. The Morgan fingerprint density at radius 3 is 2.48 bits per heavy atom. The fraction of sp³-hybridized carbons (Fsp3) is 0.778. The van der Waals surface area contributed by atoms with Crippen molar-refractivity contribution in [2.45, 2.75) is 57.7 Å². The maximum atomic E-state index is 12.4. The van der Waals surface area contributed by atoms with Crippen molar-refractivity contribution in [3.63, 3.8) is 0 Å². The maximum absolute atomic E-state index is 12.4. The summed E-state index contributed by atoms with van der Waals surface area (Å²) in [6.45, 7) is 6.52. The fourth-order valence-electron chi connectivity index (χ4n) is 3.97. The Kier molecular flexibility index (Phi) is 5.81. The number of piperidine rings is 1. The average molecular weight is 356 g/mol. The Morgan fingerprint density at radius 2 is 1.84 bits per heavy atom. The molecule has 0 saturated carbocycles. The van der Waals surface area contributed by atoms with Crippen molar-refractivity contribution in [3.8, 4) is 0 Å². The quantitative estimate of drug-likeness (QED) is 0.806. The zero-order valence-electron chi connectivity index (χ0n) is 14.8. The fourth-order valence-corrected chi connectivity index (χ4v) is 3.97. The van der Waals surface area contributed by atoms with Crippen LogP contribution < -0.4 is 4.90 Å². The highest BCUT2D eigenvalue weighted by Crippen LogP contribution is 2.28. The van der Waals surface area contributed by atoms with E-state index >= 15 is 0 Å². The first kappa shape index (κ1) is 18.4. The van der Waals surface area contributed by atoms with Gasteiger partial charge in [-0.2, -0.15) is 13.2 Å². The predicted molar refractivity (Wildman–Crippen MR) is 91.6 cm³/mol.